The second-order valence-electron chi connectivity index (χ2n) is 20.8. The van der Waals surface area contributed by atoms with Crippen molar-refractivity contribution in [2.24, 2.45) is 0 Å². The van der Waals surface area contributed by atoms with E-state index in [0.29, 0.717) is 0 Å². The molecule has 64 heavy (non-hydrogen) atoms. The zero-order chi connectivity index (χ0) is 43.2. The molecule has 0 saturated heterocycles. The molecule has 0 spiro atoms. The summed E-state index contributed by atoms with van der Waals surface area (Å²) < 4.78 is 9.79. The summed E-state index contributed by atoms with van der Waals surface area (Å²) in [5.74, 6) is 0. The van der Waals surface area contributed by atoms with E-state index < -0.39 is 0 Å². The first-order valence-electron chi connectivity index (χ1n) is 23.0. The second kappa shape index (κ2) is 11.9. The third-order valence-corrected chi connectivity index (χ3v) is 15.7. The van der Waals surface area contributed by atoms with Crippen molar-refractivity contribution in [1.29, 1.82) is 0 Å². The molecule has 0 radical (unpaired) electrons. The van der Waals surface area contributed by atoms with Gasteiger partial charge in [-0.05, 0) is 108 Å². The number of anilines is 3. The highest BCUT2D eigenvalue weighted by Gasteiger charge is 2.51. The van der Waals surface area contributed by atoms with Gasteiger partial charge in [-0.2, -0.15) is 0 Å². The lowest BCUT2D eigenvalue weighted by molar-refractivity contribution is 0.590. The van der Waals surface area contributed by atoms with Crippen LogP contribution in [0.1, 0.15) is 76.3 Å². The quantitative estimate of drug-likeness (QED) is 0.162. The summed E-state index contributed by atoms with van der Waals surface area (Å²) in [6, 6.07) is 59.7. The molecule has 2 aliphatic carbocycles. The predicted octanol–water partition coefficient (Wildman–Crippen LogP) is 14.5. The summed E-state index contributed by atoms with van der Waals surface area (Å²) >= 11 is 0. The Bertz CT molecular complexity index is 3720. The van der Waals surface area contributed by atoms with Crippen molar-refractivity contribution >= 4 is 67.8 Å². The van der Waals surface area contributed by atoms with Crippen molar-refractivity contribution in [3.05, 3.63) is 186 Å². The van der Waals surface area contributed by atoms with Gasteiger partial charge in [-0.3, -0.25) is 0 Å². The van der Waals surface area contributed by atoms with Crippen LogP contribution < -0.4 is 15.8 Å². The first kappa shape index (κ1) is 36.4. The van der Waals surface area contributed by atoms with E-state index in [4.69, 9.17) is 4.42 Å². The number of benzene rings is 8. The molecule has 10 aromatic rings. The maximum absolute atomic E-state index is 7.17. The van der Waals surface area contributed by atoms with Gasteiger partial charge in [-0.1, -0.05) is 176 Å². The summed E-state index contributed by atoms with van der Waals surface area (Å²) in [6.45, 7) is 16.5. The van der Waals surface area contributed by atoms with Gasteiger partial charge in [0, 0.05) is 49.6 Å². The molecule has 4 heterocycles. The molecule has 0 fully saturated rings. The van der Waals surface area contributed by atoms with E-state index in [-0.39, 0.29) is 23.1 Å². The fourth-order valence-corrected chi connectivity index (χ4v) is 12.8. The normalized spacial score (nSPS) is 15.6. The van der Waals surface area contributed by atoms with Crippen molar-refractivity contribution in [3.63, 3.8) is 0 Å². The minimum absolute atomic E-state index is 0.0352. The number of hydrogen-bond donors (Lipinski definition) is 0. The number of nitrogens with zero attached hydrogens (tertiary/aromatic N) is 2. The number of furan rings is 1. The second-order valence-corrected chi connectivity index (χ2v) is 20.8. The number of aromatic nitrogens is 1. The molecule has 0 N–H and O–H groups in total. The topological polar surface area (TPSA) is 21.3 Å². The van der Waals surface area contributed by atoms with Gasteiger partial charge in [-0.25, -0.2) is 0 Å². The Kier molecular flexibility index (Phi) is 6.80. The average Bonchev–Trinajstić information content (AvgIpc) is 3.98. The molecule has 3 nitrogen and oxygen atoms in total. The number of rotatable bonds is 2. The Hall–Kier alpha value is -7.04. The largest absolute Gasteiger partial charge is 0.441 e. The van der Waals surface area contributed by atoms with Gasteiger partial charge in [0.2, 0.25) is 0 Å². The molecule has 0 unspecified atom stereocenters. The van der Waals surface area contributed by atoms with Crippen LogP contribution >= 0.6 is 0 Å². The van der Waals surface area contributed by atoms with Crippen molar-refractivity contribution in [2.45, 2.75) is 64.7 Å². The Balaban J connectivity index is 1.22. The minimum Gasteiger partial charge on any atom is -0.441 e. The molecule has 0 atom stereocenters. The number of fused-ring (bicyclic) bond motifs is 17. The highest BCUT2D eigenvalue weighted by atomic mass is 16.3. The first-order chi connectivity index (χ1) is 30.9. The molecule has 4 aliphatic rings. The molecule has 2 aliphatic heterocycles. The van der Waals surface area contributed by atoms with Gasteiger partial charge < -0.3 is 13.8 Å². The molecule has 0 amide bonds. The van der Waals surface area contributed by atoms with Gasteiger partial charge in [0.1, 0.15) is 5.58 Å². The Morgan fingerprint density at radius 2 is 1.16 bits per heavy atom. The molecule has 14 rings (SSSR count). The van der Waals surface area contributed by atoms with Crippen LogP contribution in [0.2, 0.25) is 0 Å². The lowest BCUT2D eigenvalue weighted by Crippen LogP contribution is -2.58. The van der Waals surface area contributed by atoms with Crippen molar-refractivity contribution in [3.8, 4) is 44.5 Å². The number of hydrogen-bond acceptors (Lipinski definition) is 2. The standard InChI is InChI=1S/C60H47BN2O/c1-58(2,3)35-28-30-46(41(32-35)34-18-9-8-10-19-34)62-47-31-29-45-51(37-21-12-15-26-44(37)59(45,4)5)54(47)61-55-48(62)33-42-36-20-11-14-25-43(36)60(6,7)53(42)52(55)40-24-17-23-39-50-38-22-13-16-27-49(38)64-57(50)63(61)56(39)40/h8-33H,1-7H3. The van der Waals surface area contributed by atoms with Crippen molar-refractivity contribution in [1.82, 2.24) is 4.48 Å². The van der Waals surface area contributed by atoms with Gasteiger partial charge in [0.25, 0.3) is 0 Å². The van der Waals surface area contributed by atoms with E-state index >= 15 is 0 Å². The van der Waals surface area contributed by atoms with Gasteiger partial charge in [0.05, 0.1) is 11.1 Å². The molecular formula is C60H47BN2O. The van der Waals surface area contributed by atoms with Crippen LogP contribution in [0.25, 0.3) is 77.5 Å². The molecule has 4 heteroatoms. The molecule has 2 aromatic heterocycles. The van der Waals surface area contributed by atoms with Crippen LogP contribution in [0.4, 0.5) is 17.1 Å². The highest BCUT2D eigenvalue weighted by molar-refractivity contribution is 6.91. The van der Waals surface area contributed by atoms with Gasteiger partial charge in [0.15, 0.2) is 5.71 Å². The Morgan fingerprint density at radius 1 is 0.500 bits per heavy atom. The Morgan fingerprint density at radius 3 is 1.95 bits per heavy atom. The fraction of sp³-hybridized carbons (Fsp3) is 0.167. The van der Waals surface area contributed by atoms with Gasteiger partial charge >= 0.3 is 6.85 Å². The van der Waals surface area contributed by atoms with Crippen LogP contribution in [0, 0.1) is 0 Å². The zero-order valence-corrected chi connectivity index (χ0v) is 37.4. The van der Waals surface area contributed by atoms with E-state index in [9.17, 15) is 0 Å². The summed E-state index contributed by atoms with van der Waals surface area (Å²) in [6.07, 6.45) is 0. The highest BCUT2D eigenvalue weighted by Crippen LogP contribution is 2.59. The van der Waals surface area contributed by atoms with Gasteiger partial charge in [-0.15, -0.1) is 0 Å². The lowest BCUT2D eigenvalue weighted by Gasteiger charge is -2.43. The Labute approximate surface area is 374 Å². The summed E-state index contributed by atoms with van der Waals surface area (Å²) in [5.41, 5.74) is 26.3. The van der Waals surface area contributed by atoms with E-state index in [2.05, 4.69) is 216 Å². The maximum Gasteiger partial charge on any atom is 0.336 e. The van der Waals surface area contributed by atoms with Crippen LogP contribution in [-0.2, 0) is 16.2 Å². The lowest BCUT2D eigenvalue weighted by atomic mass is 9.43. The van der Waals surface area contributed by atoms with Crippen molar-refractivity contribution < 1.29 is 4.42 Å². The molecule has 0 saturated carbocycles. The van der Waals surface area contributed by atoms with Crippen LogP contribution in [0.5, 0.6) is 0 Å². The van der Waals surface area contributed by atoms with E-state index in [1.54, 1.807) is 0 Å². The van der Waals surface area contributed by atoms with Crippen LogP contribution in [0.15, 0.2) is 162 Å². The zero-order valence-electron chi connectivity index (χ0n) is 37.4. The summed E-state index contributed by atoms with van der Waals surface area (Å²) in [5, 5.41) is 3.61. The van der Waals surface area contributed by atoms with Crippen LogP contribution in [0.3, 0.4) is 0 Å². The van der Waals surface area contributed by atoms with E-state index in [1.807, 2.05) is 0 Å². The minimum atomic E-state index is -0.245. The summed E-state index contributed by atoms with van der Waals surface area (Å²) in [7, 11) is 0. The van der Waals surface area contributed by atoms with Crippen molar-refractivity contribution in [2.75, 3.05) is 4.90 Å². The molecule has 306 valence electrons. The first-order valence-corrected chi connectivity index (χ1v) is 23.0. The van der Waals surface area contributed by atoms with E-state index in [1.165, 1.54) is 117 Å². The molecule has 8 aromatic carbocycles. The summed E-state index contributed by atoms with van der Waals surface area (Å²) in [4.78, 5) is 2.66. The third-order valence-electron chi connectivity index (χ3n) is 15.7. The fourth-order valence-electron chi connectivity index (χ4n) is 12.8. The average molecular weight is 823 g/mol. The monoisotopic (exact) mass is 822 g/mol. The SMILES string of the molecule is CC(C)(C)c1ccc(N2c3ccc4c(c3B3c5c2cc2c(c5-c5cccc6c7c8ccccc8oc7n3c56)C(C)(C)c3ccccc3-2)-c2ccccc2C4(C)C)c(-c2ccccc2)c1. The third kappa shape index (κ3) is 4.34. The maximum atomic E-state index is 7.17. The predicted molar refractivity (Wildman–Crippen MR) is 269 cm³/mol. The van der Waals surface area contributed by atoms with E-state index in [0.717, 1.165) is 16.7 Å². The number of para-hydroxylation sites is 2. The molecule has 0 bridgehead atoms. The van der Waals surface area contributed by atoms with Crippen LogP contribution in [-0.4, -0.2) is 11.3 Å². The molecular weight excluding hydrogens is 775 g/mol. The smallest absolute Gasteiger partial charge is 0.336 e.